The zero-order valence-electron chi connectivity index (χ0n) is 13.4. The first kappa shape index (κ1) is 15.0. The Bertz CT molecular complexity index is 784. The summed E-state index contributed by atoms with van der Waals surface area (Å²) in [5.74, 6) is 2.34. The van der Waals surface area contributed by atoms with Crippen LogP contribution in [0.5, 0.6) is 0 Å². The highest BCUT2D eigenvalue weighted by molar-refractivity contribution is 5.59. The number of nitrogens with one attached hydrogen (secondary N) is 2. The summed E-state index contributed by atoms with van der Waals surface area (Å²) in [4.78, 5) is 8.89. The fourth-order valence-electron chi connectivity index (χ4n) is 2.41. The maximum atomic E-state index is 4.45. The van der Waals surface area contributed by atoms with E-state index in [1.165, 1.54) is 11.1 Å². The van der Waals surface area contributed by atoms with Gasteiger partial charge >= 0.3 is 0 Å². The van der Waals surface area contributed by atoms with Crippen molar-refractivity contribution in [2.24, 2.45) is 0 Å². The Kier molecular flexibility index (Phi) is 4.52. The van der Waals surface area contributed by atoms with Gasteiger partial charge in [-0.05, 0) is 31.5 Å². The molecule has 2 N–H and O–H groups in total. The molecule has 0 saturated heterocycles. The van der Waals surface area contributed by atoms with Crippen LogP contribution in [0.2, 0.25) is 0 Å². The van der Waals surface area contributed by atoms with Crippen LogP contribution in [-0.4, -0.2) is 9.97 Å². The van der Waals surface area contributed by atoms with Crippen molar-refractivity contribution in [3.8, 4) is 0 Å². The second-order valence-corrected chi connectivity index (χ2v) is 5.52. The molecule has 0 atom stereocenters. The third kappa shape index (κ3) is 4.30. The first-order valence-corrected chi connectivity index (χ1v) is 7.66. The van der Waals surface area contributed by atoms with Crippen molar-refractivity contribution in [3.63, 3.8) is 0 Å². The molecule has 0 aliphatic heterocycles. The number of hydrogen-bond acceptors (Lipinski definition) is 4. The molecule has 0 radical (unpaired) electrons. The van der Waals surface area contributed by atoms with Crippen LogP contribution in [0.1, 0.15) is 17.0 Å². The predicted molar refractivity (Wildman–Crippen MR) is 95.0 cm³/mol. The Labute approximate surface area is 136 Å². The molecule has 0 spiro atoms. The largest absolute Gasteiger partial charge is 0.366 e. The van der Waals surface area contributed by atoms with Gasteiger partial charge in [0.05, 0.1) is 0 Å². The third-order valence-corrected chi connectivity index (χ3v) is 3.44. The monoisotopic (exact) mass is 304 g/mol. The molecular weight excluding hydrogens is 284 g/mol. The molecule has 0 unspecified atom stereocenters. The van der Waals surface area contributed by atoms with Crippen LogP contribution in [0, 0.1) is 13.8 Å². The smallest absolute Gasteiger partial charge is 0.136 e. The number of benzene rings is 2. The minimum Gasteiger partial charge on any atom is -0.366 e. The van der Waals surface area contributed by atoms with Crippen LogP contribution in [0.4, 0.5) is 17.3 Å². The summed E-state index contributed by atoms with van der Waals surface area (Å²) in [5.41, 5.74) is 3.50. The van der Waals surface area contributed by atoms with Gasteiger partial charge < -0.3 is 10.6 Å². The molecule has 0 aliphatic rings. The summed E-state index contributed by atoms with van der Waals surface area (Å²) in [6.45, 7) is 4.73. The van der Waals surface area contributed by atoms with E-state index in [-0.39, 0.29) is 0 Å². The molecule has 3 rings (SSSR count). The lowest BCUT2D eigenvalue weighted by Gasteiger charge is -2.10. The lowest BCUT2D eigenvalue weighted by Crippen LogP contribution is -2.05. The fourth-order valence-corrected chi connectivity index (χ4v) is 2.41. The van der Waals surface area contributed by atoms with E-state index in [1.807, 2.05) is 43.3 Å². The van der Waals surface area contributed by atoms with Gasteiger partial charge in [0.25, 0.3) is 0 Å². The number of aryl methyl sites for hydroxylation is 2. The van der Waals surface area contributed by atoms with Crippen molar-refractivity contribution in [2.45, 2.75) is 20.4 Å². The topological polar surface area (TPSA) is 49.8 Å². The molecule has 23 heavy (non-hydrogen) atoms. The van der Waals surface area contributed by atoms with E-state index in [4.69, 9.17) is 0 Å². The molecule has 116 valence electrons. The Morgan fingerprint density at radius 2 is 1.61 bits per heavy atom. The maximum Gasteiger partial charge on any atom is 0.136 e. The normalized spacial score (nSPS) is 10.3. The zero-order valence-corrected chi connectivity index (χ0v) is 13.4. The van der Waals surface area contributed by atoms with Crippen LogP contribution >= 0.6 is 0 Å². The Morgan fingerprint density at radius 1 is 0.826 bits per heavy atom. The Hall–Kier alpha value is -2.88. The first-order chi connectivity index (χ1) is 11.2. The average Bonchev–Trinajstić information content (AvgIpc) is 2.53. The van der Waals surface area contributed by atoms with Gasteiger partial charge in [0.15, 0.2) is 0 Å². The highest BCUT2D eigenvalue weighted by Crippen LogP contribution is 2.17. The molecule has 1 aromatic heterocycles. The lowest BCUT2D eigenvalue weighted by atomic mass is 10.1. The highest BCUT2D eigenvalue weighted by Gasteiger charge is 2.03. The minimum atomic E-state index is 0.734. The van der Waals surface area contributed by atoms with Crippen molar-refractivity contribution in [1.29, 1.82) is 0 Å². The number of anilines is 3. The maximum absolute atomic E-state index is 4.45. The molecule has 0 amide bonds. The summed E-state index contributed by atoms with van der Waals surface area (Å²) in [5, 5.41) is 6.67. The van der Waals surface area contributed by atoms with E-state index in [0.29, 0.717) is 0 Å². The minimum absolute atomic E-state index is 0.734. The molecule has 0 bridgehead atoms. The molecule has 0 fully saturated rings. The van der Waals surface area contributed by atoms with Crippen LogP contribution in [0.15, 0.2) is 60.7 Å². The fraction of sp³-hybridized carbons (Fsp3) is 0.158. The number of rotatable bonds is 5. The van der Waals surface area contributed by atoms with Crippen LogP contribution in [0.25, 0.3) is 0 Å². The van der Waals surface area contributed by atoms with Gasteiger partial charge in [0.1, 0.15) is 17.5 Å². The predicted octanol–water partition coefficient (Wildman–Crippen LogP) is 4.45. The molecule has 0 saturated carbocycles. The number of aromatic nitrogens is 2. The van der Waals surface area contributed by atoms with Gasteiger partial charge in [-0.3, -0.25) is 0 Å². The van der Waals surface area contributed by atoms with Crippen molar-refractivity contribution in [1.82, 2.24) is 9.97 Å². The van der Waals surface area contributed by atoms with Gasteiger partial charge in [-0.2, -0.15) is 0 Å². The van der Waals surface area contributed by atoms with Gasteiger partial charge in [-0.1, -0.05) is 48.0 Å². The average molecular weight is 304 g/mol. The summed E-state index contributed by atoms with van der Waals surface area (Å²) in [6.07, 6.45) is 0. The Morgan fingerprint density at radius 3 is 2.39 bits per heavy atom. The van der Waals surface area contributed by atoms with Crippen molar-refractivity contribution in [3.05, 3.63) is 77.6 Å². The van der Waals surface area contributed by atoms with E-state index >= 15 is 0 Å². The van der Waals surface area contributed by atoms with Gasteiger partial charge in [0, 0.05) is 18.3 Å². The van der Waals surface area contributed by atoms with E-state index < -0.39 is 0 Å². The molecule has 2 aromatic carbocycles. The quantitative estimate of drug-likeness (QED) is 0.731. The van der Waals surface area contributed by atoms with Crippen LogP contribution in [-0.2, 0) is 6.54 Å². The van der Waals surface area contributed by atoms with Crippen molar-refractivity contribution in [2.75, 3.05) is 10.6 Å². The first-order valence-electron chi connectivity index (χ1n) is 7.66. The molecule has 4 nitrogen and oxygen atoms in total. The summed E-state index contributed by atoms with van der Waals surface area (Å²) in [6, 6.07) is 20.4. The van der Waals surface area contributed by atoms with Crippen LogP contribution in [0.3, 0.4) is 0 Å². The summed E-state index contributed by atoms with van der Waals surface area (Å²) < 4.78 is 0. The number of para-hydroxylation sites is 1. The number of nitrogens with zero attached hydrogens (tertiary/aromatic N) is 2. The second-order valence-electron chi connectivity index (χ2n) is 5.52. The zero-order chi connectivity index (χ0) is 16.1. The standard InChI is InChI=1S/C19H20N4/c1-14-7-6-8-16(11-14)13-20-18-12-19(22-15(2)21-18)23-17-9-4-3-5-10-17/h3-12H,13H2,1-2H3,(H2,20,21,22,23). The molecule has 3 aromatic rings. The number of hydrogen-bond donors (Lipinski definition) is 2. The Balaban J connectivity index is 1.72. The molecular formula is C19H20N4. The van der Waals surface area contributed by atoms with Crippen molar-refractivity contribution >= 4 is 17.3 Å². The lowest BCUT2D eigenvalue weighted by molar-refractivity contribution is 1.02. The SMILES string of the molecule is Cc1cccc(CNc2cc(Nc3ccccc3)nc(C)n2)c1. The van der Waals surface area contributed by atoms with Crippen LogP contribution < -0.4 is 10.6 Å². The van der Waals surface area contributed by atoms with Crippen molar-refractivity contribution < 1.29 is 0 Å². The molecule has 1 heterocycles. The van der Waals surface area contributed by atoms with Gasteiger partial charge in [-0.15, -0.1) is 0 Å². The third-order valence-electron chi connectivity index (χ3n) is 3.44. The van der Waals surface area contributed by atoms with E-state index in [0.717, 1.165) is 29.7 Å². The summed E-state index contributed by atoms with van der Waals surface area (Å²) >= 11 is 0. The van der Waals surface area contributed by atoms with E-state index in [1.54, 1.807) is 0 Å². The summed E-state index contributed by atoms with van der Waals surface area (Å²) in [7, 11) is 0. The second kappa shape index (κ2) is 6.92. The van der Waals surface area contributed by atoms with Gasteiger partial charge in [-0.25, -0.2) is 9.97 Å². The molecule has 4 heteroatoms. The highest BCUT2D eigenvalue weighted by atomic mass is 15.1. The van der Waals surface area contributed by atoms with E-state index in [2.05, 4.69) is 51.8 Å². The molecule has 0 aliphatic carbocycles. The van der Waals surface area contributed by atoms with Gasteiger partial charge in [0.2, 0.25) is 0 Å². The van der Waals surface area contributed by atoms with E-state index in [9.17, 15) is 0 Å².